The molecular weight excluding hydrogens is 142 g/mol. The Balaban J connectivity index is 3.37. The van der Waals surface area contributed by atoms with Crippen LogP contribution in [0.25, 0.3) is 0 Å². The van der Waals surface area contributed by atoms with E-state index in [1.54, 1.807) is 6.92 Å². The summed E-state index contributed by atoms with van der Waals surface area (Å²) in [5.41, 5.74) is 5.94. The van der Waals surface area contributed by atoms with Gasteiger partial charge in [-0.1, -0.05) is 6.92 Å². The van der Waals surface area contributed by atoms with Crippen molar-refractivity contribution in [1.82, 2.24) is 9.97 Å². The van der Waals surface area contributed by atoms with Crippen LogP contribution in [0.3, 0.4) is 0 Å². The molecule has 60 valence electrons. The summed E-state index contributed by atoms with van der Waals surface area (Å²) in [4.78, 5) is 17.6. The molecule has 0 aliphatic rings. The number of aromatic nitrogens is 2. The van der Waals surface area contributed by atoms with E-state index < -0.39 is 0 Å². The average Bonchev–Trinajstić information content (AvgIpc) is 1.85. The number of H-pyrrole nitrogens is 1. The summed E-state index contributed by atoms with van der Waals surface area (Å²) in [5, 5.41) is 0. The van der Waals surface area contributed by atoms with Crippen molar-refractivity contribution in [2.24, 2.45) is 0 Å². The smallest absolute Gasteiger partial charge is 0.256 e. The highest BCUT2D eigenvalue weighted by Gasteiger charge is 2.03. The van der Waals surface area contributed by atoms with Crippen molar-refractivity contribution in [3.63, 3.8) is 0 Å². The van der Waals surface area contributed by atoms with Crippen LogP contribution < -0.4 is 11.3 Å². The average molecular weight is 153 g/mol. The van der Waals surface area contributed by atoms with Crippen LogP contribution in [0.5, 0.6) is 0 Å². The molecule has 0 unspecified atom stereocenters. The fraction of sp³-hybridized carbons (Fsp3) is 0.429. The van der Waals surface area contributed by atoms with Gasteiger partial charge in [-0.2, -0.15) is 0 Å². The van der Waals surface area contributed by atoms with Crippen molar-refractivity contribution in [3.8, 4) is 0 Å². The summed E-state index contributed by atoms with van der Waals surface area (Å²) in [5.74, 6) is 0.901. The minimum atomic E-state index is -0.127. The van der Waals surface area contributed by atoms with Gasteiger partial charge in [-0.3, -0.25) is 4.79 Å². The van der Waals surface area contributed by atoms with E-state index in [1.807, 2.05) is 6.92 Å². The highest BCUT2D eigenvalue weighted by Crippen LogP contribution is 2.01. The van der Waals surface area contributed by atoms with Crippen LogP contribution >= 0.6 is 0 Å². The van der Waals surface area contributed by atoms with Gasteiger partial charge in [-0.25, -0.2) is 4.98 Å². The molecule has 0 saturated heterocycles. The third kappa shape index (κ3) is 1.39. The zero-order chi connectivity index (χ0) is 8.43. The standard InChI is InChI=1S/C7H11N3O/c1-3-5-6(8)9-4(2)10-7(5)11/h3H2,1-2H3,(H3,8,9,10,11). The fourth-order valence-electron chi connectivity index (χ4n) is 0.974. The lowest BCUT2D eigenvalue weighted by Gasteiger charge is -2.00. The lowest BCUT2D eigenvalue weighted by atomic mass is 10.2. The van der Waals surface area contributed by atoms with Crippen molar-refractivity contribution in [1.29, 1.82) is 0 Å². The van der Waals surface area contributed by atoms with Crippen molar-refractivity contribution in [3.05, 3.63) is 21.7 Å². The Labute approximate surface area is 64.5 Å². The normalized spacial score (nSPS) is 10.0. The molecular formula is C7H11N3O. The number of hydrogen-bond donors (Lipinski definition) is 2. The minimum Gasteiger partial charge on any atom is -0.383 e. The van der Waals surface area contributed by atoms with E-state index in [4.69, 9.17) is 5.73 Å². The van der Waals surface area contributed by atoms with E-state index in [9.17, 15) is 4.79 Å². The molecule has 1 heterocycles. The van der Waals surface area contributed by atoms with Crippen LogP contribution in [-0.4, -0.2) is 9.97 Å². The summed E-state index contributed by atoms with van der Waals surface area (Å²) < 4.78 is 0. The zero-order valence-electron chi connectivity index (χ0n) is 6.64. The molecule has 0 radical (unpaired) electrons. The van der Waals surface area contributed by atoms with Crippen LogP contribution in [-0.2, 0) is 6.42 Å². The zero-order valence-corrected chi connectivity index (χ0v) is 6.64. The number of rotatable bonds is 1. The van der Waals surface area contributed by atoms with Crippen LogP contribution in [0, 0.1) is 6.92 Å². The molecule has 11 heavy (non-hydrogen) atoms. The Hall–Kier alpha value is -1.32. The Morgan fingerprint density at radius 3 is 2.73 bits per heavy atom. The largest absolute Gasteiger partial charge is 0.383 e. The van der Waals surface area contributed by atoms with E-state index >= 15 is 0 Å². The second-order valence-electron chi connectivity index (χ2n) is 2.37. The number of hydrogen-bond acceptors (Lipinski definition) is 3. The lowest BCUT2D eigenvalue weighted by molar-refractivity contribution is 0.963. The highest BCUT2D eigenvalue weighted by atomic mass is 16.1. The molecule has 1 aromatic rings. The van der Waals surface area contributed by atoms with Gasteiger partial charge >= 0.3 is 0 Å². The van der Waals surface area contributed by atoms with Crippen LogP contribution in [0.1, 0.15) is 18.3 Å². The molecule has 0 aromatic carbocycles. The van der Waals surface area contributed by atoms with Gasteiger partial charge in [0, 0.05) is 0 Å². The maximum atomic E-state index is 11.1. The number of nitrogen functional groups attached to an aromatic ring is 1. The Kier molecular flexibility index (Phi) is 1.94. The number of anilines is 1. The predicted molar refractivity (Wildman–Crippen MR) is 43.4 cm³/mol. The Morgan fingerprint density at radius 2 is 2.27 bits per heavy atom. The van der Waals surface area contributed by atoms with Crippen molar-refractivity contribution in [2.45, 2.75) is 20.3 Å². The summed E-state index contributed by atoms with van der Waals surface area (Å²) in [6.45, 7) is 3.58. The van der Waals surface area contributed by atoms with Gasteiger partial charge in [-0.15, -0.1) is 0 Å². The number of nitrogens with two attached hydrogens (primary N) is 1. The maximum Gasteiger partial charge on any atom is 0.256 e. The van der Waals surface area contributed by atoms with Crippen molar-refractivity contribution < 1.29 is 0 Å². The second-order valence-corrected chi connectivity index (χ2v) is 2.37. The number of aromatic amines is 1. The molecule has 0 aliphatic carbocycles. The van der Waals surface area contributed by atoms with Crippen LogP contribution in [0.4, 0.5) is 5.82 Å². The number of nitrogens with one attached hydrogen (secondary N) is 1. The van der Waals surface area contributed by atoms with E-state index in [1.165, 1.54) is 0 Å². The Morgan fingerprint density at radius 1 is 1.64 bits per heavy atom. The number of nitrogens with zero attached hydrogens (tertiary/aromatic N) is 1. The second kappa shape index (κ2) is 2.74. The van der Waals surface area contributed by atoms with Gasteiger partial charge in [0.15, 0.2) is 0 Å². The molecule has 1 aromatic heterocycles. The summed E-state index contributed by atoms with van der Waals surface area (Å²) >= 11 is 0. The first-order chi connectivity index (χ1) is 5.15. The first-order valence-corrected chi connectivity index (χ1v) is 3.50. The molecule has 0 bridgehead atoms. The van der Waals surface area contributed by atoms with Gasteiger partial charge in [0.25, 0.3) is 5.56 Å². The SMILES string of the molecule is CCc1c(N)nc(C)[nH]c1=O. The van der Waals surface area contributed by atoms with Crippen molar-refractivity contribution in [2.75, 3.05) is 5.73 Å². The molecule has 0 amide bonds. The summed E-state index contributed by atoms with van der Waals surface area (Å²) in [6, 6.07) is 0. The molecule has 0 fully saturated rings. The first kappa shape index (κ1) is 7.78. The quantitative estimate of drug-likeness (QED) is 0.606. The van der Waals surface area contributed by atoms with Crippen molar-refractivity contribution >= 4 is 5.82 Å². The van der Waals surface area contributed by atoms with Gasteiger partial charge < -0.3 is 10.7 Å². The van der Waals surface area contributed by atoms with Crippen LogP contribution in [0.2, 0.25) is 0 Å². The third-order valence-corrected chi connectivity index (χ3v) is 1.52. The molecule has 4 heteroatoms. The summed E-state index contributed by atoms with van der Waals surface area (Å²) in [7, 11) is 0. The molecule has 0 atom stereocenters. The molecule has 1 rings (SSSR count). The lowest BCUT2D eigenvalue weighted by Crippen LogP contribution is -2.17. The maximum absolute atomic E-state index is 11.1. The summed E-state index contributed by atoms with van der Waals surface area (Å²) in [6.07, 6.45) is 0.619. The van der Waals surface area contributed by atoms with E-state index in [-0.39, 0.29) is 5.56 Å². The van der Waals surface area contributed by atoms with Gasteiger partial charge in [0.1, 0.15) is 11.6 Å². The third-order valence-electron chi connectivity index (χ3n) is 1.52. The van der Waals surface area contributed by atoms with Gasteiger partial charge in [0.2, 0.25) is 0 Å². The number of aryl methyl sites for hydroxylation is 1. The van der Waals surface area contributed by atoms with E-state index in [0.717, 1.165) is 0 Å². The first-order valence-electron chi connectivity index (χ1n) is 3.50. The fourth-order valence-corrected chi connectivity index (χ4v) is 0.974. The van der Waals surface area contributed by atoms with E-state index in [0.29, 0.717) is 23.6 Å². The van der Waals surface area contributed by atoms with Gasteiger partial charge in [0.05, 0.1) is 5.56 Å². The highest BCUT2D eigenvalue weighted by molar-refractivity contribution is 5.37. The topological polar surface area (TPSA) is 71.8 Å². The minimum absolute atomic E-state index is 0.127. The molecule has 4 nitrogen and oxygen atoms in total. The van der Waals surface area contributed by atoms with Gasteiger partial charge in [-0.05, 0) is 13.3 Å². The molecule has 0 saturated carbocycles. The molecule has 0 spiro atoms. The Bertz CT molecular complexity index is 316. The molecule has 0 aliphatic heterocycles. The molecule has 3 N–H and O–H groups in total. The monoisotopic (exact) mass is 153 g/mol. The predicted octanol–water partition coefficient (Wildman–Crippen LogP) is 0.223. The van der Waals surface area contributed by atoms with Crippen LogP contribution in [0.15, 0.2) is 4.79 Å². The van der Waals surface area contributed by atoms with E-state index in [2.05, 4.69) is 9.97 Å².